The number of hydrogen-bond acceptors (Lipinski definition) is 40. The molecule has 0 spiro atoms. The smallest absolute Gasteiger partial charge is 0.408 e. The highest BCUT2D eigenvalue weighted by atomic mass is 16.7. The standard InChI is InChI=1S/C22H39NO8.C21H35NO8.2C20H33NO8.C19H31NO8/c1-6-11-27-13-18(14-28-12-7-2)31-21(26)23-15-22(10-5,16-29-19(24)8-3)17-30-20(25)9-4;1-6-11-26-13-17(14-27-12-7-2)30-20(25)22-21(10-5,15-28-18(23)8-3)16-29-19(24)9-4;2*1-6-10-25-12-16(13-26-11-7-2)29-19(24)21-20(5,14-27-17(22)8-3)15-28-18(23)9-4;1-5-9-24-13-16(14-25-10-6-2)28-19(23)20-15(11-26-17(21)7-3)12-27-18(22)8-4/h8-9,18-19,24H,3-4,6-7,10-17H2,1-2,5H3,(H,23,26);8-9,17H,3-4,6-7,10-16H2,1-2,5H3,(H,22,25);2*8-9,16H,3-4,6-7,10-15H2,1-2,5H3,(H,21,24);7-8,15-16H,3-6,9-14H2,1-2H3,(H,20,23). The van der Waals surface area contributed by atoms with E-state index in [2.05, 4.69) is 92.4 Å². The second-order valence-electron chi connectivity index (χ2n) is 32.4. The number of carbonyl (C=O) groups is 14. The van der Waals surface area contributed by atoms with Crippen LogP contribution in [0, 0.1) is 5.41 Å². The molecule has 844 valence electrons. The number of esters is 9. The van der Waals surface area contributed by atoms with Crippen LogP contribution in [0.5, 0.6) is 0 Å². The number of nitrogens with one attached hydrogen (secondary N) is 5. The maximum Gasteiger partial charge on any atom is 0.408 e. The molecule has 0 fully saturated rings. The summed E-state index contributed by atoms with van der Waals surface area (Å²) in [6.45, 7) is 65.1. The Balaban J connectivity index is -0.000000572. The molecule has 0 bridgehead atoms. The van der Waals surface area contributed by atoms with Crippen LogP contribution in [0.1, 0.15) is 174 Å². The van der Waals surface area contributed by atoms with Crippen molar-refractivity contribution in [3.05, 3.63) is 127 Å². The molecule has 0 aliphatic carbocycles. The van der Waals surface area contributed by atoms with Crippen molar-refractivity contribution in [2.75, 3.05) is 205 Å². The zero-order valence-electron chi connectivity index (χ0n) is 89.2. The Morgan fingerprint density at radius 1 is 0.265 bits per heavy atom. The maximum absolute atomic E-state index is 12.6. The summed E-state index contributed by atoms with van der Waals surface area (Å²) in [6.07, 6.45) is 11.4. The topological polar surface area (TPSA) is 550 Å². The molecule has 0 saturated carbocycles. The zero-order chi connectivity index (χ0) is 112. The molecule has 0 radical (unpaired) electrons. The van der Waals surface area contributed by atoms with Crippen LogP contribution in [0.3, 0.4) is 0 Å². The Hall–Kier alpha value is -11.5. The minimum absolute atomic E-state index is 0.0179. The Kier molecular flexibility index (Phi) is 93.4. The fourth-order valence-corrected chi connectivity index (χ4v) is 10.3. The van der Waals surface area contributed by atoms with Gasteiger partial charge >= 0.3 is 84.2 Å². The van der Waals surface area contributed by atoms with Crippen molar-refractivity contribution in [1.82, 2.24) is 26.6 Å². The molecule has 0 aromatic carbocycles. The van der Waals surface area contributed by atoms with Gasteiger partial charge in [-0.3, -0.25) is 0 Å². The van der Waals surface area contributed by atoms with Crippen LogP contribution >= 0.6 is 0 Å². The van der Waals surface area contributed by atoms with Gasteiger partial charge in [-0.2, -0.15) is 0 Å². The number of ether oxygens (including phenoxy) is 25. The second-order valence-corrected chi connectivity index (χ2v) is 32.4. The summed E-state index contributed by atoms with van der Waals surface area (Å²) in [7, 11) is 0. The van der Waals surface area contributed by atoms with Gasteiger partial charge in [0.1, 0.15) is 82.1 Å². The van der Waals surface area contributed by atoms with E-state index in [-0.39, 0.29) is 139 Å². The van der Waals surface area contributed by atoms with Crippen LogP contribution in [0.15, 0.2) is 127 Å². The van der Waals surface area contributed by atoms with Crippen molar-refractivity contribution >= 4 is 84.2 Å². The van der Waals surface area contributed by atoms with Crippen LogP contribution < -0.4 is 26.6 Å². The highest BCUT2D eigenvalue weighted by Crippen LogP contribution is 2.25. The number of alkyl carbamates (subject to hydrolysis) is 5. The summed E-state index contributed by atoms with van der Waals surface area (Å²) >= 11 is 0. The summed E-state index contributed by atoms with van der Waals surface area (Å²) in [6, 6.07) is -0.811. The van der Waals surface area contributed by atoms with E-state index in [4.69, 9.17) is 118 Å². The highest BCUT2D eigenvalue weighted by Gasteiger charge is 2.38. The number of rotatable bonds is 84. The van der Waals surface area contributed by atoms with Crippen LogP contribution in [0.25, 0.3) is 0 Å². The van der Waals surface area contributed by atoms with Gasteiger partial charge in [0.05, 0.1) is 72.7 Å². The fourth-order valence-electron chi connectivity index (χ4n) is 10.3. The van der Waals surface area contributed by atoms with E-state index in [0.717, 1.165) is 119 Å². The molecular weight excluding hydrogens is 1940 g/mol. The largest absolute Gasteiger partial charge is 0.462 e. The molecule has 0 saturated heterocycles. The lowest BCUT2D eigenvalue weighted by atomic mass is 9.87. The lowest BCUT2D eigenvalue weighted by Crippen LogP contribution is -2.56. The van der Waals surface area contributed by atoms with Crippen molar-refractivity contribution in [3.63, 3.8) is 0 Å². The first kappa shape index (κ1) is 144. The first-order valence-electron chi connectivity index (χ1n) is 49.0. The van der Waals surface area contributed by atoms with Crippen LogP contribution in [-0.4, -0.2) is 354 Å². The minimum atomic E-state index is -1.23. The Morgan fingerprint density at radius 2 is 0.483 bits per heavy atom. The number of aliphatic hydroxyl groups is 1. The number of hydrogen-bond donors (Lipinski definition) is 6. The number of amides is 5. The zero-order valence-corrected chi connectivity index (χ0v) is 89.2. The summed E-state index contributed by atoms with van der Waals surface area (Å²) < 4.78 is 132. The molecule has 0 aliphatic rings. The molecule has 0 rings (SSSR count). The monoisotopic (exact) mass is 2110 g/mol. The third-order valence-electron chi connectivity index (χ3n) is 18.2. The molecule has 0 aromatic rings. The fraction of sp³-hybridized carbons (Fsp3) is 0.667. The SMILES string of the molecule is C=CC(=O)OCC(C)(COC(=O)C=C)NC(=O)OC(COCCC)COCCC.C=CC(=O)OCC(C)(COC(=O)C=C)NC(=O)OC(COCCC)COCCC.C=CC(=O)OCC(CC)(CNC(=O)OC(COCCC)COCCC)COC(O)C=C.C=CC(=O)OCC(CC)(COC(=O)C=C)NC(=O)OC(COCCC)COCCC.C=CC(=O)OCC(COC(=O)C=C)NC(=O)OC(COCCC)COCCC. The van der Waals surface area contributed by atoms with Crippen LogP contribution in [0.4, 0.5) is 24.0 Å². The Morgan fingerprint density at radius 3 is 0.707 bits per heavy atom. The molecule has 0 heterocycles. The summed E-state index contributed by atoms with van der Waals surface area (Å²) in [5.41, 5.74) is -4.43. The van der Waals surface area contributed by atoms with Gasteiger partial charge in [0, 0.05) is 133 Å². The first-order chi connectivity index (χ1) is 70.3. The number of carbonyl (C=O) groups excluding carboxylic acids is 14. The molecule has 2 unspecified atom stereocenters. The molecule has 45 heteroatoms. The van der Waals surface area contributed by atoms with Gasteiger partial charge in [-0.25, -0.2) is 67.1 Å². The van der Waals surface area contributed by atoms with E-state index in [9.17, 15) is 72.2 Å². The lowest BCUT2D eigenvalue weighted by molar-refractivity contribution is -0.148. The molecule has 5 amide bonds. The molecule has 45 nitrogen and oxygen atoms in total. The quantitative estimate of drug-likeness (QED) is 0.00822. The van der Waals surface area contributed by atoms with Crippen LogP contribution in [0.2, 0.25) is 0 Å². The first-order valence-corrected chi connectivity index (χ1v) is 49.0. The molecule has 0 aromatic heterocycles. The van der Waals surface area contributed by atoms with Crippen molar-refractivity contribution in [3.8, 4) is 0 Å². The lowest BCUT2D eigenvalue weighted by Gasteiger charge is -2.32. The molecule has 0 aliphatic heterocycles. The van der Waals surface area contributed by atoms with E-state index in [1.54, 1.807) is 6.92 Å². The molecule has 147 heavy (non-hydrogen) atoms. The predicted octanol–water partition coefficient (Wildman–Crippen LogP) is 11.2. The average molecular weight is 2110 g/mol. The number of aliphatic hydroxyl groups excluding tert-OH is 1. The Labute approximate surface area is 867 Å². The van der Waals surface area contributed by atoms with E-state index in [0.29, 0.717) is 78.9 Å². The van der Waals surface area contributed by atoms with E-state index in [1.165, 1.54) is 19.9 Å². The summed E-state index contributed by atoms with van der Waals surface area (Å²) in [5.74, 6) is -6.00. The predicted molar refractivity (Wildman–Crippen MR) is 542 cm³/mol. The van der Waals surface area contributed by atoms with Gasteiger partial charge in [-0.05, 0) is 97.0 Å². The Bertz CT molecular complexity index is 3480. The average Bonchev–Trinajstić information content (AvgIpc) is 0.906. The highest BCUT2D eigenvalue weighted by molar-refractivity contribution is 5.85. The van der Waals surface area contributed by atoms with Gasteiger partial charge in [0.15, 0.2) is 36.8 Å². The normalized spacial score (nSPS) is 11.4. The third kappa shape index (κ3) is 84.2. The maximum atomic E-state index is 12.6. The van der Waals surface area contributed by atoms with E-state index >= 15 is 0 Å². The molecule has 2 atom stereocenters. The molecule has 6 N–H and O–H groups in total. The summed E-state index contributed by atoms with van der Waals surface area (Å²) in [4.78, 5) is 164. The van der Waals surface area contributed by atoms with Crippen LogP contribution in [-0.2, 0) is 162 Å². The summed E-state index contributed by atoms with van der Waals surface area (Å²) in [5, 5.41) is 22.6. The minimum Gasteiger partial charge on any atom is -0.462 e. The van der Waals surface area contributed by atoms with E-state index < -0.39 is 149 Å². The van der Waals surface area contributed by atoms with Crippen molar-refractivity contribution < 1.29 is 191 Å². The van der Waals surface area contributed by atoms with Crippen molar-refractivity contribution in [1.29, 1.82) is 0 Å². The molecular formula is C102H171N5O40. The van der Waals surface area contributed by atoms with Gasteiger partial charge in [-0.15, -0.1) is 0 Å². The second kappa shape index (κ2) is 95.4. The van der Waals surface area contributed by atoms with E-state index in [1.807, 2.05) is 76.2 Å². The van der Waals surface area contributed by atoms with Crippen molar-refractivity contribution in [2.24, 2.45) is 5.41 Å². The van der Waals surface area contributed by atoms with Gasteiger partial charge < -0.3 is 150 Å². The van der Waals surface area contributed by atoms with Gasteiger partial charge in [0.25, 0.3) is 0 Å². The third-order valence-corrected chi connectivity index (χ3v) is 18.2. The van der Waals surface area contributed by atoms with Crippen molar-refractivity contribution in [2.45, 2.75) is 233 Å². The van der Waals surface area contributed by atoms with Gasteiger partial charge in [0.2, 0.25) is 0 Å². The van der Waals surface area contributed by atoms with Gasteiger partial charge in [-0.1, -0.05) is 149 Å².